The van der Waals surface area contributed by atoms with Gasteiger partial charge in [0.1, 0.15) is 5.60 Å². The third-order valence-electron chi connectivity index (χ3n) is 4.79. The van der Waals surface area contributed by atoms with Crippen molar-refractivity contribution in [2.45, 2.75) is 53.1 Å². The van der Waals surface area contributed by atoms with Gasteiger partial charge in [0.15, 0.2) is 0 Å². The summed E-state index contributed by atoms with van der Waals surface area (Å²) in [7, 11) is 0. The topological polar surface area (TPSA) is 26.3 Å². The average molecular weight is 298 g/mol. The van der Waals surface area contributed by atoms with Gasteiger partial charge in [-0.15, -0.1) is 0 Å². The summed E-state index contributed by atoms with van der Waals surface area (Å²) in [6.07, 6.45) is 1.51. The lowest BCUT2D eigenvalue weighted by molar-refractivity contribution is -0.170. The minimum Gasteiger partial charge on any atom is -0.454 e. The molecule has 0 saturated heterocycles. The summed E-state index contributed by atoms with van der Waals surface area (Å²) in [5, 5.41) is 2.37. The van der Waals surface area contributed by atoms with Gasteiger partial charge >= 0.3 is 5.97 Å². The third-order valence-corrected chi connectivity index (χ3v) is 4.79. The first-order chi connectivity index (χ1) is 10.3. The van der Waals surface area contributed by atoms with Crippen LogP contribution in [-0.4, -0.2) is 5.97 Å². The van der Waals surface area contributed by atoms with Crippen molar-refractivity contribution in [1.82, 2.24) is 0 Å². The van der Waals surface area contributed by atoms with Crippen LogP contribution in [0.5, 0.6) is 0 Å². The number of fused-ring (bicyclic) bond motifs is 1. The highest BCUT2D eigenvalue weighted by Gasteiger charge is 2.35. The molecule has 0 N–H and O–H groups in total. The molecule has 0 fully saturated rings. The highest BCUT2D eigenvalue weighted by Crippen LogP contribution is 2.34. The maximum absolute atomic E-state index is 12.5. The Morgan fingerprint density at radius 3 is 2.18 bits per heavy atom. The highest BCUT2D eigenvalue weighted by atomic mass is 16.6. The number of benzene rings is 2. The summed E-state index contributed by atoms with van der Waals surface area (Å²) in [6.45, 7) is 9.94. The number of ether oxygens (including phenoxy) is 1. The second-order valence-electron chi connectivity index (χ2n) is 6.77. The molecule has 2 nitrogen and oxygen atoms in total. The van der Waals surface area contributed by atoms with Crippen LogP contribution < -0.4 is 0 Å². The molecule has 0 aliphatic carbocycles. The Balaban J connectivity index is 2.37. The predicted octanol–water partition coefficient (Wildman–Crippen LogP) is 5.44. The smallest absolute Gasteiger partial charge is 0.312 e. The molecule has 0 amide bonds. The number of hydrogen-bond acceptors (Lipinski definition) is 2. The first-order valence-electron chi connectivity index (χ1n) is 8.05. The molecule has 2 heteroatoms. The number of carbonyl (C=O) groups is 1. The quantitative estimate of drug-likeness (QED) is 0.687. The van der Waals surface area contributed by atoms with E-state index in [1.807, 2.05) is 39.8 Å². The van der Waals surface area contributed by atoms with Gasteiger partial charge in [0, 0.05) is 0 Å². The van der Waals surface area contributed by atoms with Crippen LogP contribution in [0, 0.1) is 5.41 Å². The Bertz CT molecular complexity index is 672. The van der Waals surface area contributed by atoms with Crippen LogP contribution in [0.15, 0.2) is 42.5 Å². The maximum Gasteiger partial charge on any atom is 0.312 e. The molecule has 0 aliphatic heterocycles. The molecule has 1 unspecified atom stereocenters. The van der Waals surface area contributed by atoms with Crippen LogP contribution in [0.2, 0.25) is 0 Å². The van der Waals surface area contributed by atoms with Crippen molar-refractivity contribution < 1.29 is 9.53 Å². The van der Waals surface area contributed by atoms with Crippen LogP contribution in [-0.2, 0) is 15.1 Å². The van der Waals surface area contributed by atoms with Crippen LogP contribution in [0.1, 0.15) is 53.0 Å². The molecule has 1 atom stereocenters. The van der Waals surface area contributed by atoms with E-state index < -0.39 is 11.0 Å². The highest BCUT2D eigenvalue weighted by molar-refractivity contribution is 5.83. The lowest BCUT2D eigenvalue weighted by atomic mass is 9.88. The van der Waals surface area contributed by atoms with Crippen LogP contribution in [0.4, 0.5) is 0 Å². The fraction of sp³-hybridized carbons (Fsp3) is 0.450. The van der Waals surface area contributed by atoms with Crippen molar-refractivity contribution in [3.05, 3.63) is 48.0 Å². The van der Waals surface area contributed by atoms with E-state index in [1.165, 1.54) is 10.8 Å². The molecule has 2 aromatic rings. The molecule has 0 heterocycles. The van der Waals surface area contributed by atoms with E-state index >= 15 is 0 Å². The zero-order chi connectivity index (χ0) is 16.4. The van der Waals surface area contributed by atoms with Crippen LogP contribution >= 0.6 is 0 Å². The molecule has 0 bridgehead atoms. The van der Waals surface area contributed by atoms with Crippen molar-refractivity contribution in [2.75, 3.05) is 0 Å². The summed E-state index contributed by atoms with van der Waals surface area (Å²) in [4.78, 5) is 12.5. The van der Waals surface area contributed by atoms with E-state index in [1.54, 1.807) is 0 Å². The van der Waals surface area contributed by atoms with E-state index in [4.69, 9.17) is 4.74 Å². The fourth-order valence-corrected chi connectivity index (χ4v) is 2.34. The summed E-state index contributed by atoms with van der Waals surface area (Å²) in [5.74, 6) is -0.132. The van der Waals surface area contributed by atoms with Gasteiger partial charge in [-0.3, -0.25) is 4.79 Å². The second-order valence-corrected chi connectivity index (χ2v) is 6.77. The fourth-order valence-electron chi connectivity index (χ4n) is 2.34. The van der Waals surface area contributed by atoms with Gasteiger partial charge in [-0.05, 0) is 56.0 Å². The molecule has 0 aromatic heterocycles. The van der Waals surface area contributed by atoms with Crippen molar-refractivity contribution >= 4 is 16.7 Å². The van der Waals surface area contributed by atoms with Gasteiger partial charge in [0.05, 0.1) is 5.41 Å². The molecular formula is C20H26O2. The zero-order valence-electron chi connectivity index (χ0n) is 14.3. The minimum absolute atomic E-state index is 0.132. The van der Waals surface area contributed by atoms with Crippen molar-refractivity contribution in [2.24, 2.45) is 5.41 Å². The Hall–Kier alpha value is -1.83. The summed E-state index contributed by atoms with van der Waals surface area (Å²) < 4.78 is 5.94. The van der Waals surface area contributed by atoms with Gasteiger partial charge in [-0.2, -0.15) is 0 Å². The van der Waals surface area contributed by atoms with E-state index in [0.717, 1.165) is 18.4 Å². The van der Waals surface area contributed by atoms with E-state index in [-0.39, 0.29) is 5.97 Å². The maximum atomic E-state index is 12.5. The van der Waals surface area contributed by atoms with E-state index in [2.05, 4.69) is 37.3 Å². The van der Waals surface area contributed by atoms with Crippen molar-refractivity contribution in [3.8, 4) is 0 Å². The number of rotatable bonds is 5. The largest absolute Gasteiger partial charge is 0.454 e. The van der Waals surface area contributed by atoms with E-state index in [9.17, 15) is 4.79 Å². The Labute approximate surface area is 133 Å². The monoisotopic (exact) mass is 298 g/mol. The van der Waals surface area contributed by atoms with Gasteiger partial charge in [-0.1, -0.05) is 50.2 Å². The van der Waals surface area contributed by atoms with Gasteiger partial charge in [0.2, 0.25) is 0 Å². The minimum atomic E-state index is -0.590. The van der Waals surface area contributed by atoms with Gasteiger partial charge in [-0.25, -0.2) is 0 Å². The Morgan fingerprint density at radius 1 is 0.955 bits per heavy atom. The van der Waals surface area contributed by atoms with Gasteiger partial charge in [0.25, 0.3) is 0 Å². The molecule has 2 aromatic carbocycles. The van der Waals surface area contributed by atoms with Crippen molar-refractivity contribution in [3.63, 3.8) is 0 Å². The molecule has 0 spiro atoms. The Morgan fingerprint density at radius 2 is 1.59 bits per heavy atom. The summed E-state index contributed by atoms with van der Waals surface area (Å²) in [6, 6.07) is 14.5. The summed E-state index contributed by atoms with van der Waals surface area (Å²) in [5.41, 5.74) is 0.00912. The molecule has 0 aliphatic rings. The summed E-state index contributed by atoms with van der Waals surface area (Å²) >= 11 is 0. The van der Waals surface area contributed by atoms with Gasteiger partial charge < -0.3 is 4.74 Å². The standard InChI is InChI=1S/C20H26O2/c1-6-19(3,4)18(21)22-20(5,7-2)17-13-12-15-10-8-9-11-16(15)14-17/h8-14H,6-7H2,1-5H3. The molecule has 0 radical (unpaired) electrons. The number of hydrogen-bond donors (Lipinski definition) is 0. The third kappa shape index (κ3) is 3.16. The lowest BCUT2D eigenvalue weighted by Gasteiger charge is -2.33. The van der Waals surface area contributed by atoms with Crippen LogP contribution in [0.25, 0.3) is 10.8 Å². The molecular weight excluding hydrogens is 272 g/mol. The average Bonchev–Trinajstić information content (AvgIpc) is 2.54. The zero-order valence-corrected chi connectivity index (χ0v) is 14.3. The number of carbonyl (C=O) groups excluding carboxylic acids is 1. The molecule has 2 rings (SSSR count). The SMILES string of the molecule is CCC(C)(C)C(=O)OC(C)(CC)c1ccc2ccccc2c1. The first-order valence-corrected chi connectivity index (χ1v) is 8.05. The molecule has 22 heavy (non-hydrogen) atoms. The predicted molar refractivity (Wildman–Crippen MR) is 91.8 cm³/mol. The first kappa shape index (κ1) is 16.5. The normalized spacial score (nSPS) is 14.6. The number of esters is 1. The van der Waals surface area contributed by atoms with Crippen LogP contribution in [0.3, 0.4) is 0 Å². The second kappa shape index (κ2) is 6.12. The van der Waals surface area contributed by atoms with E-state index in [0.29, 0.717) is 0 Å². The van der Waals surface area contributed by atoms with Crippen molar-refractivity contribution in [1.29, 1.82) is 0 Å². The lowest BCUT2D eigenvalue weighted by Crippen LogP contribution is -2.35. The molecule has 118 valence electrons. The molecule has 0 saturated carbocycles. The Kier molecular flexibility index (Phi) is 4.60.